The van der Waals surface area contributed by atoms with Gasteiger partial charge in [0.15, 0.2) is 0 Å². The van der Waals surface area contributed by atoms with Gasteiger partial charge in [0.1, 0.15) is 5.75 Å². The molecule has 1 atom stereocenters. The second-order valence-electron chi connectivity index (χ2n) is 5.48. The molecule has 0 aromatic heterocycles. The number of hydrogen-bond acceptors (Lipinski definition) is 3. The molecule has 2 aromatic carbocycles. The van der Waals surface area contributed by atoms with Crippen LogP contribution in [0.4, 0.5) is 4.79 Å². The van der Waals surface area contributed by atoms with E-state index in [0.29, 0.717) is 13.1 Å². The first-order chi connectivity index (χ1) is 11.5. The summed E-state index contributed by atoms with van der Waals surface area (Å²) in [6, 6.07) is 14.2. The van der Waals surface area contributed by atoms with E-state index in [9.17, 15) is 14.1 Å². The summed E-state index contributed by atoms with van der Waals surface area (Å²) in [7, 11) is -0.986. The Morgan fingerprint density at radius 1 is 1.00 bits per heavy atom. The standard InChI is InChI=1S/C18H22N2O3S/c1-24(23)17-10-6-15(7-11-17)13-20-18(22)19-12-2-3-14-4-8-16(21)9-5-14/h4-11,21H,2-3,12-13H2,1H3,(H2,19,20,22). The van der Waals surface area contributed by atoms with Crippen molar-refractivity contribution in [3.8, 4) is 5.75 Å². The monoisotopic (exact) mass is 346 g/mol. The predicted molar refractivity (Wildman–Crippen MR) is 95.4 cm³/mol. The summed E-state index contributed by atoms with van der Waals surface area (Å²) in [6.07, 6.45) is 3.31. The number of nitrogens with one attached hydrogen (secondary N) is 2. The van der Waals surface area contributed by atoms with Crippen molar-refractivity contribution in [2.24, 2.45) is 0 Å². The molecule has 0 spiro atoms. The minimum absolute atomic E-state index is 0.205. The van der Waals surface area contributed by atoms with E-state index >= 15 is 0 Å². The Morgan fingerprint density at radius 3 is 2.25 bits per heavy atom. The molecule has 0 saturated heterocycles. The van der Waals surface area contributed by atoms with E-state index < -0.39 is 10.8 Å². The highest BCUT2D eigenvalue weighted by atomic mass is 32.2. The molecule has 0 radical (unpaired) electrons. The average molecular weight is 346 g/mol. The lowest BCUT2D eigenvalue weighted by Gasteiger charge is -2.08. The van der Waals surface area contributed by atoms with Gasteiger partial charge in [-0.2, -0.15) is 0 Å². The van der Waals surface area contributed by atoms with Crippen molar-refractivity contribution < 1.29 is 14.1 Å². The van der Waals surface area contributed by atoms with Gasteiger partial charge in [-0.15, -0.1) is 0 Å². The maximum atomic E-state index is 11.7. The zero-order valence-electron chi connectivity index (χ0n) is 13.6. The van der Waals surface area contributed by atoms with E-state index in [1.807, 2.05) is 36.4 Å². The van der Waals surface area contributed by atoms with Crippen LogP contribution in [0, 0.1) is 0 Å². The molecule has 24 heavy (non-hydrogen) atoms. The topological polar surface area (TPSA) is 78.4 Å². The number of hydrogen-bond donors (Lipinski definition) is 3. The molecule has 6 heteroatoms. The van der Waals surface area contributed by atoms with Gasteiger partial charge in [0, 0.05) is 35.0 Å². The molecule has 0 fully saturated rings. The van der Waals surface area contributed by atoms with Crippen molar-refractivity contribution in [1.29, 1.82) is 0 Å². The van der Waals surface area contributed by atoms with Crippen LogP contribution in [-0.2, 0) is 23.8 Å². The van der Waals surface area contributed by atoms with Crippen molar-refractivity contribution >= 4 is 16.8 Å². The molecular formula is C18H22N2O3S. The average Bonchev–Trinajstić information content (AvgIpc) is 2.59. The zero-order valence-corrected chi connectivity index (χ0v) is 14.4. The first-order valence-corrected chi connectivity index (χ1v) is 9.32. The van der Waals surface area contributed by atoms with Crippen LogP contribution in [0.5, 0.6) is 5.75 Å². The van der Waals surface area contributed by atoms with Crippen molar-refractivity contribution in [3.63, 3.8) is 0 Å². The highest BCUT2D eigenvalue weighted by Crippen LogP contribution is 2.10. The van der Waals surface area contributed by atoms with Gasteiger partial charge in [0.2, 0.25) is 0 Å². The van der Waals surface area contributed by atoms with Gasteiger partial charge in [-0.3, -0.25) is 4.21 Å². The fourth-order valence-corrected chi connectivity index (χ4v) is 2.72. The van der Waals surface area contributed by atoms with Gasteiger partial charge in [0.25, 0.3) is 0 Å². The summed E-state index contributed by atoms with van der Waals surface area (Å²) < 4.78 is 11.3. The number of urea groups is 1. The summed E-state index contributed by atoms with van der Waals surface area (Å²) in [5.74, 6) is 0.259. The fourth-order valence-electron chi connectivity index (χ4n) is 2.20. The molecule has 2 amide bonds. The molecule has 2 rings (SSSR count). The fraction of sp³-hybridized carbons (Fsp3) is 0.278. The lowest BCUT2D eigenvalue weighted by atomic mass is 10.1. The molecule has 1 unspecified atom stereocenters. The van der Waals surface area contributed by atoms with Crippen LogP contribution in [0.3, 0.4) is 0 Å². The Bertz CT molecular complexity index is 684. The third-order valence-corrected chi connectivity index (χ3v) is 4.51. The maximum Gasteiger partial charge on any atom is 0.315 e. The van der Waals surface area contributed by atoms with Gasteiger partial charge in [-0.05, 0) is 48.2 Å². The van der Waals surface area contributed by atoms with E-state index in [1.54, 1.807) is 18.4 Å². The number of carbonyl (C=O) groups excluding carboxylic acids is 1. The maximum absolute atomic E-state index is 11.7. The van der Waals surface area contributed by atoms with Crippen molar-refractivity contribution in [1.82, 2.24) is 10.6 Å². The Labute approximate surface area is 144 Å². The minimum atomic E-state index is -0.986. The van der Waals surface area contributed by atoms with Crippen LogP contribution in [0.15, 0.2) is 53.4 Å². The number of benzene rings is 2. The number of aryl methyl sites for hydroxylation is 1. The molecule has 128 valence electrons. The lowest BCUT2D eigenvalue weighted by molar-refractivity contribution is 0.240. The van der Waals surface area contributed by atoms with Crippen molar-refractivity contribution in [3.05, 3.63) is 59.7 Å². The summed E-state index contributed by atoms with van der Waals surface area (Å²) >= 11 is 0. The molecule has 0 saturated carbocycles. The Kier molecular flexibility index (Phi) is 6.81. The Balaban J connectivity index is 1.64. The van der Waals surface area contributed by atoms with Crippen LogP contribution < -0.4 is 10.6 Å². The Hall–Kier alpha value is -2.34. The van der Waals surface area contributed by atoms with Crippen LogP contribution in [0.25, 0.3) is 0 Å². The molecule has 2 aromatic rings. The van der Waals surface area contributed by atoms with E-state index in [4.69, 9.17) is 0 Å². The predicted octanol–water partition coefficient (Wildman–Crippen LogP) is 2.56. The van der Waals surface area contributed by atoms with Gasteiger partial charge >= 0.3 is 6.03 Å². The zero-order chi connectivity index (χ0) is 17.4. The molecule has 0 aliphatic heterocycles. The Morgan fingerprint density at radius 2 is 1.62 bits per heavy atom. The first-order valence-electron chi connectivity index (χ1n) is 7.76. The summed E-state index contributed by atoms with van der Waals surface area (Å²) in [4.78, 5) is 12.5. The number of aromatic hydroxyl groups is 1. The number of carbonyl (C=O) groups is 1. The second-order valence-corrected chi connectivity index (χ2v) is 6.86. The highest BCUT2D eigenvalue weighted by Gasteiger charge is 2.02. The van der Waals surface area contributed by atoms with E-state index in [0.717, 1.165) is 28.9 Å². The van der Waals surface area contributed by atoms with E-state index in [-0.39, 0.29) is 11.8 Å². The molecular weight excluding hydrogens is 324 g/mol. The minimum Gasteiger partial charge on any atom is -0.508 e. The molecule has 0 heterocycles. The van der Waals surface area contributed by atoms with Crippen LogP contribution in [0.1, 0.15) is 17.5 Å². The molecule has 3 N–H and O–H groups in total. The quantitative estimate of drug-likeness (QED) is 0.674. The number of rotatable bonds is 7. The van der Waals surface area contributed by atoms with E-state index in [2.05, 4.69) is 10.6 Å². The SMILES string of the molecule is CS(=O)c1ccc(CNC(=O)NCCCc2ccc(O)cc2)cc1. The largest absolute Gasteiger partial charge is 0.508 e. The number of amides is 2. The third kappa shape index (κ3) is 6.04. The van der Waals surface area contributed by atoms with Gasteiger partial charge < -0.3 is 15.7 Å². The first kappa shape index (κ1) is 18.0. The van der Waals surface area contributed by atoms with Crippen LogP contribution in [0.2, 0.25) is 0 Å². The molecule has 5 nitrogen and oxygen atoms in total. The van der Waals surface area contributed by atoms with Crippen molar-refractivity contribution in [2.75, 3.05) is 12.8 Å². The van der Waals surface area contributed by atoms with Crippen LogP contribution >= 0.6 is 0 Å². The second kappa shape index (κ2) is 9.08. The number of phenolic OH excluding ortho intramolecular Hbond substituents is 1. The van der Waals surface area contributed by atoms with Crippen LogP contribution in [-0.4, -0.2) is 28.1 Å². The summed E-state index contributed by atoms with van der Waals surface area (Å²) in [5, 5.41) is 14.8. The van der Waals surface area contributed by atoms with Gasteiger partial charge in [-0.25, -0.2) is 4.79 Å². The molecule has 0 aliphatic carbocycles. The number of phenols is 1. The molecule has 0 aliphatic rings. The summed E-state index contributed by atoms with van der Waals surface area (Å²) in [6.45, 7) is 1.01. The van der Waals surface area contributed by atoms with Gasteiger partial charge in [0.05, 0.1) is 0 Å². The third-order valence-electron chi connectivity index (χ3n) is 3.57. The smallest absolute Gasteiger partial charge is 0.315 e. The van der Waals surface area contributed by atoms with Crippen molar-refractivity contribution in [2.45, 2.75) is 24.3 Å². The highest BCUT2D eigenvalue weighted by molar-refractivity contribution is 7.84. The lowest BCUT2D eigenvalue weighted by Crippen LogP contribution is -2.35. The summed E-state index contributed by atoms with van der Waals surface area (Å²) in [5.41, 5.74) is 2.09. The normalized spacial score (nSPS) is 11.7. The van der Waals surface area contributed by atoms with Gasteiger partial charge in [-0.1, -0.05) is 24.3 Å². The van der Waals surface area contributed by atoms with E-state index in [1.165, 1.54) is 0 Å². The molecule has 0 bridgehead atoms.